The molecule has 0 fully saturated rings. The van der Waals surface area contributed by atoms with E-state index in [1.807, 2.05) is 30.3 Å². The lowest BCUT2D eigenvalue weighted by Crippen LogP contribution is -2.13. The van der Waals surface area contributed by atoms with Gasteiger partial charge in [0.15, 0.2) is 0 Å². The van der Waals surface area contributed by atoms with Crippen molar-refractivity contribution < 1.29 is 18.7 Å². The maximum Gasteiger partial charge on any atom is 0.259 e. The van der Waals surface area contributed by atoms with Crippen molar-refractivity contribution in [1.82, 2.24) is 9.78 Å². The molecule has 0 radical (unpaired) electrons. The van der Waals surface area contributed by atoms with Gasteiger partial charge in [-0.25, -0.2) is 9.07 Å². The van der Waals surface area contributed by atoms with Crippen LogP contribution in [-0.2, 0) is 0 Å². The molecule has 0 unspecified atom stereocenters. The van der Waals surface area contributed by atoms with Gasteiger partial charge in [0, 0.05) is 11.8 Å². The third kappa shape index (κ3) is 4.11. The number of ether oxygens (including phenoxy) is 2. The molecule has 0 aliphatic carbocycles. The van der Waals surface area contributed by atoms with Crippen LogP contribution in [0.5, 0.6) is 11.5 Å². The van der Waals surface area contributed by atoms with E-state index in [0.717, 1.165) is 5.69 Å². The summed E-state index contributed by atoms with van der Waals surface area (Å²) in [4.78, 5) is 13.2. The largest absolute Gasteiger partial charge is 0.497 e. The summed E-state index contributed by atoms with van der Waals surface area (Å²) in [6, 6.07) is 20.6. The Balaban J connectivity index is 1.85. The molecule has 156 valence electrons. The first-order valence-electron chi connectivity index (χ1n) is 9.54. The van der Waals surface area contributed by atoms with E-state index in [1.54, 1.807) is 55.4 Å². The van der Waals surface area contributed by atoms with Crippen LogP contribution in [0.3, 0.4) is 0 Å². The van der Waals surface area contributed by atoms with Gasteiger partial charge in [0.05, 0.1) is 31.2 Å². The highest BCUT2D eigenvalue weighted by atomic mass is 19.1. The highest BCUT2D eigenvalue weighted by Gasteiger charge is 2.22. The highest BCUT2D eigenvalue weighted by molar-refractivity contribution is 6.08. The number of benzene rings is 3. The Morgan fingerprint density at radius 1 is 0.968 bits per heavy atom. The molecule has 0 bridgehead atoms. The minimum Gasteiger partial charge on any atom is -0.497 e. The van der Waals surface area contributed by atoms with Gasteiger partial charge >= 0.3 is 0 Å². The molecule has 1 aromatic heterocycles. The fourth-order valence-corrected chi connectivity index (χ4v) is 3.20. The first-order chi connectivity index (χ1) is 15.1. The van der Waals surface area contributed by atoms with Crippen LogP contribution in [-0.4, -0.2) is 29.9 Å². The Labute approximate surface area is 178 Å². The molecule has 0 saturated heterocycles. The van der Waals surface area contributed by atoms with Crippen LogP contribution in [0, 0.1) is 5.82 Å². The second kappa shape index (κ2) is 8.71. The summed E-state index contributed by atoms with van der Waals surface area (Å²) in [6.45, 7) is 0. The Morgan fingerprint density at radius 3 is 2.42 bits per heavy atom. The summed E-state index contributed by atoms with van der Waals surface area (Å²) >= 11 is 0. The predicted octanol–water partition coefficient (Wildman–Crippen LogP) is 4.95. The molecule has 0 aliphatic heterocycles. The first kappa shape index (κ1) is 20.2. The number of hydrogen-bond acceptors (Lipinski definition) is 4. The molecule has 1 amide bonds. The van der Waals surface area contributed by atoms with Gasteiger partial charge in [-0.05, 0) is 42.5 Å². The van der Waals surface area contributed by atoms with Crippen LogP contribution in [0.2, 0.25) is 0 Å². The number of methoxy groups -OCH3 is 2. The average molecular weight is 417 g/mol. The molecule has 3 aromatic carbocycles. The Hall–Kier alpha value is -4.13. The summed E-state index contributed by atoms with van der Waals surface area (Å²) in [6.07, 6.45) is 1.61. The monoisotopic (exact) mass is 417 g/mol. The van der Waals surface area contributed by atoms with E-state index in [9.17, 15) is 9.18 Å². The zero-order valence-corrected chi connectivity index (χ0v) is 17.0. The van der Waals surface area contributed by atoms with E-state index >= 15 is 0 Å². The van der Waals surface area contributed by atoms with Crippen LogP contribution < -0.4 is 14.8 Å². The lowest BCUT2D eigenvalue weighted by atomic mass is 10.1. The maximum atomic E-state index is 14.1. The summed E-state index contributed by atoms with van der Waals surface area (Å²) in [5.74, 6) is 0.101. The zero-order valence-electron chi connectivity index (χ0n) is 17.0. The summed E-state index contributed by atoms with van der Waals surface area (Å²) in [7, 11) is 3.10. The van der Waals surface area contributed by atoms with E-state index in [0.29, 0.717) is 22.8 Å². The predicted molar refractivity (Wildman–Crippen MR) is 116 cm³/mol. The number of carbonyl (C=O) groups is 1. The van der Waals surface area contributed by atoms with Gasteiger partial charge in [0.2, 0.25) is 0 Å². The molecule has 0 saturated carbocycles. The molecule has 7 heteroatoms. The number of anilines is 1. The van der Waals surface area contributed by atoms with E-state index in [1.165, 1.54) is 12.1 Å². The molecule has 4 rings (SSSR count). The van der Waals surface area contributed by atoms with Gasteiger partial charge in [0.1, 0.15) is 23.0 Å². The lowest BCUT2D eigenvalue weighted by Gasteiger charge is -2.11. The van der Waals surface area contributed by atoms with Gasteiger partial charge < -0.3 is 14.8 Å². The minimum atomic E-state index is -0.521. The molecular weight excluding hydrogens is 397 g/mol. The van der Waals surface area contributed by atoms with Crippen molar-refractivity contribution in [2.75, 3.05) is 19.5 Å². The smallest absolute Gasteiger partial charge is 0.259 e. The van der Waals surface area contributed by atoms with Gasteiger partial charge in [-0.15, -0.1) is 0 Å². The second-order valence-corrected chi connectivity index (χ2v) is 6.67. The quantitative estimate of drug-likeness (QED) is 0.482. The van der Waals surface area contributed by atoms with E-state index in [4.69, 9.17) is 9.47 Å². The van der Waals surface area contributed by atoms with Crippen molar-refractivity contribution in [3.63, 3.8) is 0 Å². The number of hydrogen-bond donors (Lipinski definition) is 1. The SMILES string of the molecule is COc1ccc(OC)c(-c2nn(-c3ccccc3)cc2C(=O)Nc2ccccc2F)c1. The van der Waals surface area contributed by atoms with Crippen molar-refractivity contribution in [1.29, 1.82) is 0 Å². The third-order valence-electron chi connectivity index (χ3n) is 4.76. The first-order valence-corrected chi connectivity index (χ1v) is 9.54. The third-order valence-corrected chi connectivity index (χ3v) is 4.76. The fourth-order valence-electron chi connectivity index (χ4n) is 3.20. The second-order valence-electron chi connectivity index (χ2n) is 6.67. The summed E-state index contributed by atoms with van der Waals surface area (Å²) in [5.41, 5.74) is 2.08. The maximum absolute atomic E-state index is 14.1. The fraction of sp³-hybridized carbons (Fsp3) is 0.0833. The van der Waals surface area contributed by atoms with Crippen LogP contribution in [0.15, 0.2) is 79.0 Å². The van der Waals surface area contributed by atoms with E-state index in [2.05, 4.69) is 10.4 Å². The molecule has 1 heterocycles. The number of rotatable bonds is 6. The molecule has 0 atom stereocenters. The minimum absolute atomic E-state index is 0.0866. The number of nitrogens with zero attached hydrogens (tertiary/aromatic N) is 2. The topological polar surface area (TPSA) is 65.4 Å². The van der Waals surface area contributed by atoms with Crippen LogP contribution in [0.1, 0.15) is 10.4 Å². The van der Waals surface area contributed by atoms with Crippen LogP contribution in [0.4, 0.5) is 10.1 Å². The van der Waals surface area contributed by atoms with Crippen LogP contribution >= 0.6 is 0 Å². The molecule has 0 aliphatic rings. The Morgan fingerprint density at radius 2 is 1.71 bits per heavy atom. The highest BCUT2D eigenvalue weighted by Crippen LogP contribution is 2.35. The molecule has 6 nitrogen and oxygen atoms in total. The van der Waals surface area contributed by atoms with Crippen LogP contribution in [0.25, 0.3) is 16.9 Å². The number of halogens is 1. The zero-order chi connectivity index (χ0) is 21.8. The Kier molecular flexibility index (Phi) is 5.66. The van der Waals surface area contributed by atoms with Crippen molar-refractivity contribution in [3.8, 4) is 28.4 Å². The van der Waals surface area contributed by atoms with E-state index in [-0.39, 0.29) is 11.3 Å². The van der Waals surface area contributed by atoms with Crippen molar-refractivity contribution >= 4 is 11.6 Å². The summed E-state index contributed by atoms with van der Waals surface area (Å²) < 4.78 is 26.5. The number of carbonyl (C=O) groups excluding carboxylic acids is 1. The van der Waals surface area contributed by atoms with Gasteiger partial charge in [-0.1, -0.05) is 30.3 Å². The van der Waals surface area contributed by atoms with Gasteiger partial charge in [-0.3, -0.25) is 4.79 Å². The number of nitrogens with one attached hydrogen (secondary N) is 1. The van der Waals surface area contributed by atoms with Gasteiger partial charge in [-0.2, -0.15) is 5.10 Å². The average Bonchev–Trinajstić information content (AvgIpc) is 3.26. The lowest BCUT2D eigenvalue weighted by molar-refractivity contribution is 0.102. The molecule has 0 spiro atoms. The number of para-hydroxylation sites is 2. The standard InChI is InChI=1S/C24H20FN3O3/c1-30-17-12-13-22(31-2)18(14-17)23-19(15-28(27-23)16-8-4-3-5-9-16)24(29)26-21-11-7-6-10-20(21)25/h3-15H,1-2H3,(H,26,29). The molecule has 1 N–H and O–H groups in total. The number of amides is 1. The van der Waals surface area contributed by atoms with Crippen molar-refractivity contribution in [2.45, 2.75) is 0 Å². The summed E-state index contributed by atoms with van der Waals surface area (Å²) in [5, 5.41) is 7.27. The number of aromatic nitrogens is 2. The Bertz CT molecular complexity index is 1220. The molecule has 4 aromatic rings. The van der Waals surface area contributed by atoms with Crippen molar-refractivity contribution in [3.05, 3.63) is 90.4 Å². The van der Waals surface area contributed by atoms with Crippen molar-refractivity contribution in [2.24, 2.45) is 0 Å². The molecular formula is C24H20FN3O3. The molecule has 31 heavy (non-hydrogen) atoms. The van der Waals surface area contributed by atoms with Gasteiger partial charge in [0.25, 0.3) is 5.91 Å². The normalized spacial score (nSPS) is 10.5. The van der Waals surface area contributed by atoms with E-state index < -0.39 is 11.7 Å².